The molecule has 1 aromatic heterocycles. The number of benzene rings is 1. The molecule has 0 aliphatic rings. The maximum Gasteiger partial charge on any atom is 0.340 e. The third-order valence-corrected chi connectivity index (χ3v) is 4.69. The maximum absolute atomic E-state index is 12.6. The molecule has 168 valence electrons. The summed E-state index contributed by atoms with van der Waals surface area (Å²) in [6, 6.07) is 10.1. The molecule has 1 atom stereocenters. The predicted octanol–water partition coefficient (Wildman–Crippen LogP) is 4.95. The van der Waals surface area contributed by atoms with Gasteiger partial charge < -0.3 is 9.47 Å². The highest BCUT2D eigenvalue weighted by Gasteiger charge is 2.22. The normalized spacial score (nSPS) is 13.8. The minimum atomic E-state index is -1.21. The molecule has 2 aromatic rings. The molecule has 0 bridgehead atoms. The van der Waals surface area contributed by atoms with Gasteiger partial charge in [-0.1, -0.05) is 45.0 Å². The van der Waals surface area contributed by atoms with E-state index in [9.17, 15) is 9.18 Å². The Morgan fingerprint density at radius 1 is 1.26 bits per heavy atom. The lowest BCUT2D eigenvalue weighted by Crippen LogP contribution is -2.20. The molecule has 0 spiro atoms. The van der Waals surface area contributed by atoms with E-state index < -0.39 is 18.9 Å². The van der Waals surface area contributed by atoms with Crippen molar-refractivity contribution in [1.82, 2.24) is 9.78 Å². The van der Waals surface area contributed by atoms with Gasteiger partial charge >= 0.3 is 5.97 Å². The van der Waals surface area contributed by atoms with Crippen LogP contribution in [0, 0.1) is 6.92 Å². The number of allylic oxidation sites excluding steroid dienone is 1. The van der Waals surface area contributed by atoms with Crippen LogP contribution in [-0.4, -0.2) is 42.0 Å². The van der Waals surface area contributed by atoms with Gasteiger partial charge in [0, 0.05) is 32.3 Å². The monoisotopic (exact) mass is 429 g/mol. The van der Waals surface area contributed by atoms with Crippen molar-refractivity contribution in [3.8, 4) is 0 Å². The molecule has 6 nitrogen and oxygen atoms in total. The minimum Gasteiger partial charge on any atom is -0.452 e. The fourth-order valence-corrected chi connectivity index (χ4v) is 3.18. The molecule has 2 rings (SSSR count). The summed E-state index contributed by atoms with van der Waals surface area (Å²) in [5.41, 5.74) is 4.36. The molecule has 1 heterocycles. The largest absolute Gasteiger partial charge is 0.452 e. The number of ether oxygens (including phenoxy) is 2. The average molecular weight is 430 g/mol. The van der Waals surface area contributed by atoms with Crippen molar-refractivity contribution >= 4 is 23.5 Å². The Morgan fingerprint density at radius 2 is 1.90 bits per heavy atom. The molecular weight excluding hydrogens is 397 g/mol. The molecule has 0 amide bonds. The number of hydrogen-bond donors (Lipinski definition) is 0. The van der Waals surface area contributed by atoms with E-state index in [1.54, 1.807) is 24.9 Å². The zero-order valence-electron chi connectivity index (χ0n) is 19.4. The van der Waals surface area contributed by atoms with Gasteiger partial charge in [0.2, 0.25) is 6.29 Å². The van der Waals surface area contributed by atoms with Crippen molar-refractivity contribution in [2.75, 3.05) is 13.7 Å². The summed E-state index contributed by atoms with van der Waals surface area (Å²) >= 11 is 0. The van der Waals surface area contributed by atoms with Crippen LogP contribution in [0.1, 0.15) is 57.1 Å². The Kier molecular flexibility index (Phi) is 8.14. The van der Waals surface area contributed by atoms with Crippen LogP contribution in [0.15, 0.2) is 35.3 Å². The van der Waals surface area contributed by atoms with Crippen molar-refractivity contribution in [3.63, 3.8) is 0 Å². The highest BCUT2D eigenvalue weighted by Crippen LogP contribution is 2.30. The Bertz CT molecular complexity index is 953. The van der Waals surface area contributed by atoms with Crippen molar-refractivity contribution in [2.24, 2.45) is 4.99 Å². The van der Waals surface area contributed by atoms with Crippen LogP contribution >= 0.6 is 0 Å². The first-order valence-corrected chi connectivity index (χ1v) is 10.3. The summed E-state index contributed by atoms with van der Waals surface area (Å²) < 4.78 is 25.5. The van der Waals surface area contributed by atoms with Crippen molar-refractivity contribution < 1.29 is 18.7 Å². The number of rotatable bonds is 8. The second-order valence-electron chi connectivity index (χ2n) is 8.25. The van der Waals surface area contributed by atoms with E-state index in [0.29, 0.717) is 17.9 Å². The minimum absolute atomic E-state index is 0.0214. The first kappa shape index (κ1) is 24.3. The zero-order chi connectivity index (χ0) is 23.2. The lowest BCUT2D eigenvalue weighted by atomic mass is 9.86. The van der Waals surface area contributed by atoms with Crippen molar-refractivity contribution in [1.29, 1.82) is 0 Å². The number of aliphatic imine (C=N–C) groups is 1. The van der Waals surface area contributed by atoms with Gasteiger partial charge in [0.05, 0.1) is 5.69 Å². The number of halogens is 1. The molecule has 0 saturated heterocycles. The van der Waals surface area contributed by atoms with E-state index in [1.807, 2.05) is 32.0 Å². The number of nitrogens with zero attached hydrogens (tertiary/aromatic N) is 3. The average Bonchev–Trinajstić information content (AvgIpc) is 3.10. The standard InChI is InChI=1S/C24H32FN3O3/c1-8-28-21(13-16(2)27-28)23(31-17(3)30-22(29)14-25)20(15-26-7)18-9-11-19(12-10-18)24(4,5)6/h9-13,15,17H,8,14H2,1-7H3/b23-20-,26-15-. The van der Waals surface area contributed by atoms with Gasteiger partial charge in [-0.2, -0.15) is 5.10 Å². The smallest absolute Gasteiger partial charge is 0.340 e. The molecule has 0 saturated carbocycles. The van der Waals surface area contributed by atoms with Gasteiger partial charge in [0.1, 0.15) is 5.69 Å². The quantitative estimate of drug-likeness (QED) is 0.258. The summed E-state index contributed by atoms with van der Waals surface area (Å²) in [5.74, 6) is -0.525. The molecule has 1 aromatic carbocycles. The molecule has 0 radical (unpaired) electrons. The van der Waals surface area contributed by atoms with Crippen LogP contribution in [0.25, 0.3) is 11.3 Å². The maximum atomic E-state index is 12.6. The molecule has 0 aliphatic carbocycles. The van der Waals surface area contributed by atoms with E-state index >= 15 is 0 Å². The summed E-state index contributed by atoms with van der Waals surface area (Å²) in [5, 5.41) is 4.51. The summed E-state index contributed by atoms with van der Waals surface area (Å²) in [6.45, 7) is 11.3. The van der Waals surface area contributed by atoms with Crippen LogP contribution < -0.4 is 0 Å². The molecule has 7 heteroatoms. The third kappa shape index (κ3) is 6.26. The molecule has 31 heavy (non-hydrogen) atoms. The lowest BCUT2D eigenvalue weighted by molar-refractivity contribution is -0.165. The highest BCUT2D eigenvalue weighted by molar-refractivity contribution is 6.18. The third-order valence-electron chi connectivity index (χ3n) is 4.69. The first-order valence-electron chi connectivity index (χ1n) is 10.3. The number of carbonyl (C=O) groups excluding carboxylic acids is 1. The van der Waals surface area contributed by atoms with Crippen LogP contribution in [0.4, 0.5) is 4.39 Å². The fourth-order valence-electron chi connectivity index (χ4n) is 3.18. The second kappa shape index (κ2) is 10.4. The van der Waals surface area contributed by atoms with Gasteiger partial charge in [0.15, 0.2) is 12.4 Å². The lowest BCUT2D eigenvalue weighted by Gasteiger charge is -2.21. The van der Waals surface area contributed by atoms with Crippen LogP contribution in [0.2, 0.25) is 0 Å². The number of esters is 1. The Morgan fingerprint density at radius 3 is 2.42 bits per heavy atom. The summed E-state index contributed by atoms with van der Waals surface area (Å²) in [6.07, 6.45) is 0.709. The van der Waals surface area contributed by atoms with Crippen LogP contribution in [-0.2, 0) is 26.2 Å². The number of aryl methyl sites for hydroxylation is 2. The topological polar surface area (TPSA) is 65.7 Å². The fraction of sp³-hybridized carbons (Fsp3) is 0.458. The van der Waals surface area contributed by atoms with Gasteiger partial charge in [-0.05, 0) is 36.5 Å². The Labute approximate surface area is 183 Å². The molecule has 0 N–H and O–H groups in total. The van der Waals surface area contributed by atoms with Crippen LogP contribution in [0.5, 0.6) is 0 Å². The Balaban J connectivity index is 2.65. The molecule has 1 unspecified atom stereocenters. The van der Waals surface area contributed by atoms with Crippen LogP contribution in [0.3, 0.4) is 0 Å². The first-order chi connectivity index (χ1) is 14.6. The zero-order valence-corrected chi connectivity index (χ0v) is 19.4. The molecule has 0 fully saturated rings. The predicted molar refractivity (Wildman–Crippen MR) is 122 cm³/mol. The van der Waals surface area contributed by atoms with E-state index in [0.717, 1.165) is 17.0 Å². The van der Waals surface area contributed by atoms with E-state index in [1.165, 1.54) is 5.56 Å². The summed E-state index contributed by atoms with van der Waals surface area (Å²) in [4.78, 5) is 15.6. The SMILES string of the molecule is CCn1nc(C)cc1/C(OC(C)OC(=O)CF)=C(\C=N/C)c1ccc(C(C)(C)C)cc1. The van der Waals surface area contributed by atoms with E-state index in [4.69, 9.17) is 9.47 Å². The number of aromatic nitrogens is 2. The van der Waals surface area contributed by atoms with E-state index in [2.05, 4.69) is 43.0 Å². The Hall–Kier alpha value is -2.96. The van der Waals surface area contributed by atoms with Crippen molar-refractivity contribution in [3.05, 3.63) is 52.8 Å². The van der Waals surface area contributed by atoms with Gasteiger partial charge in [0.25, 0.3) is 0 Å². The highest BCUT2D eigenvalue weighted by atomic mass is 19.1. The second-order valence-corrected chi connectivity index (χ2v) is 8.25. The van der Waals surface area contributed by atoms with Crippen molar-refractivity contribution in [2.45, 2.75) is 59.8 Å². The number of hydrogen-bond acceptors (Lipinski definition) is 5. The van der Waals surface area contributed by atoms with Gasteiger partial charge in [-0.25, -0.2) is 9.18 Å². The number of alkyl halides is 1. The molecular formula is C24H32FN3O3. The number of carbonyl (C=O) groups is 1. The van der Waals surface area contributed by atoms with Gasteiger partial charge in [-0.3, -0.25) is 9.67 Å². The van der Waals surface area contributed by atoms with Gasteiger partial charge in [-0.15, -0.1) is 0 Å². The molecule has 0 aliphatic heterocycles. The summed E-state index contributed by atoms with van der Waals surface area (Å²) in [7, 11) is 1.68. The van der Waals surface area contributed by atoms with E-state index in [-0.39, 0.29) is 5.41 Å².